The zero-order valence-electron chi connectivity index (χ0n) is 11.0. The first-order valence-electron chi connectivity index (χ1n) is 6.62. The molecule has 1 aromatic carbocycles. The van der Waals surface area contributed by atoms with Gasteiger partial charge in [-0.15, -0.1) is 0 Å². The highest BCUT2D eigenvalue weighted by atomic mass is 19.1. The van der Waals surface area contributed by atoms with Gasteiger partial charge in [0.15, 0.2) is 6.61 Å². The minimum Gasteiger partial charge on any atom is -0.484 e. The maximum atomic E-state index is 12.7. The van der Waals surface area contributed by atoms with Gasteiger partial charge >= 0.3 is 0 Å². The second-order valence-electron chi connectivity index (χ2n) is 4.76. The van der Waals surface area contributed by atoms with E-state index in [1.807, 2.05) is 0 Å². The number of carbonyl (C=O) groups excluding carboxylic acids is 2. The first-order chi connectivity index (χ1) is 9.65. The molecule has 20 heavy (non-hydrogen) atoms. The lowest BCUT2D eigenvalue weighted by molar-refractivity contribution is -0.132. The molecule has 0 spiro atoms. The summed E-state index contributed by atoms with van der Waals surface area (Å²) in [4.78, 5) is 23.1. The molecular weight excluding hydrogens is 263 g/mol. The predicted molar refractivity (Wildman–Crippen MR) is 70.1 cm³/mol. The second-order valence-corrected chi connectivity index (χ2v) is 4.76. The van der Waals surface area contributed by atoms with Gasteiger partial charge in [0.2, 0.25) is 5.91 Å². The molecule has 0 heterocycles. The molecule has 108 valence electrons. The van der Waals surface area contributed by atoms with Gasteiger partial charge in [-0.25, -0.2) is 4.39 Å². The van der Waals surface area contributed by atoms with Gasteiger partial charge < -0.3 is 4.74 Å². The number of carbonyl (C=O) groups is 2. The summed E-state index contributed by atoms with van der Waals surface area (Å²) in [5, 5.41) is 0. The maximum absolute atomic E-state index is 12.7. The summed E-state index contributed by atoms with van der Waals surface area (Å²) in [6.07, 6.45) is 3.85. The maximum Gasteiger partial charge on any atom is 0.276 e. The summed E-state index contributed by atoms with van der Waals surface area (Å²) in [6.45, 7) is -0.240. The van der Waals surface area contributed by atoms with Crippen molar-refractivity contribution in [1.82, 2.24) is 10.9 Å². The molecule has 1 aromatic rings. The van der Waals surface area contributed by atoms with Crippen LogP contribution in [0.1, 0.15) is 25.7 Å². The Morgan fingerprint density at radius 2 is 1.80 bits per heavy atom. The first-order valence-corrected chi connectivity index (χ1v) is 6.62. The van der Waals surface area contributed by atoms with Crippen LogP contribution in [0.3, 0.4) is 0 Å². The van der Waals surface area contributed by atoms with Gasteiger partial charge in [-0.1, -0.05) is 12.8 Å². The van der Waals surface area contributed by atoms with Crippen LogP contribution in [0.5, 0.6) is 5.75 Å². The quantitative estimate of drug-likeness (QED) is 0.822. The molecule has 0 unspecified atom stereocenters. The molecule has 6 heteroatoms. The van der Waals surface area contributed by atoms with Crippen molar-refractivity contribution >= 4 is 11.8 Å². The first kappa shape index (κ1) is 14.3. The van der Waals surface area contributed by atoms with Gasteiger partial charge in [0.1, 0.15) is 11.6 Å². The van der Waals surface area contributed by atoms with E-state index in [-0.39, 0.29) is 24.2 Å². The lowest BCUT2D eigenvalue weighted by Crippen LogP contribution is -2.45. The number of hydrogen-bond donors (Lipinski definition) is 2. The van der Waals surface area contributed by atoms with E-state index in [1.54, 1.807) is 0 Å². The number of benzene rings is 1. The van der Waals surface area contributed by atoms with Crippen LogP contribution >= 0.6 is 0 Å². The number of ether oxygens (including phenoxy) is 1. The molecule has 2 N–H and O–H groups in total. The molecule has 0 aromatic heterocycles. The topological polar surface area (TPSA) is 67.4 Å². The molecule has 1 aliphatic rings. The summed E-state index contributed by atoms with van der Waals surface area (Å²) in [5.74, 6) is -0.596. The van der Waals surface area contributed by atoms with Crippen LogP contribution < -0.4 is 15.6 Å². The monoisotopic (exact) mass is 280 g/mol. The predicted octanol–water partition coefficient (Wildman–Crippen LogP) is 1.54. The number of halogens is 1. The summed E-state index contributed by atoms with van der Waals surface area (Å²) >= 11 is 0. The van der Waals surface area contributed by atoms with Crippen molar-refractivity contribution in [3.05, 3.63) is 30.1 Å². The Morgan fingerprint density at radius 1 is 1.15 bits per heavy atom. The largest absolute Gasteiger partial charge is 0.484 e. The normalized spacial score (nSPS) is 14.8. The van der Waals surface area contributed by atoms with Gasteiger partial charge in [0.05, 0.1) is 0 Å². The van der Waals surface area contributed by atoms with Crippen molar-refractivity contribution in [2.24, 2.45) is 5.92 Å². The van der Waals surface area contributed by atoms with E-state index >= 15 is 0 Å². The average molecular weight is 280 g/mol. The third-order valence-corrected chi connectivity index (χ3v) is 3.23. The minimum absolute atomic E-state index is 0.00619. The minimum atomic E-state index is -0.458. The van der Waals surface area contributed by atoms with Gasteiger partial charge in [0, 0.05) is 5.92 Å². The van der Waals surface area contributed by atoms with Crippen molar-refractivity contribution in [1.29, 1.82) is 0 Å². The summed E-state index contributed by atoms with van der Waals surface area (Å²) < 4.78 is 17.8. The Morgan fingerprint density at radius 3 is 2.45 bits per heavy atom. The van der Waals surface area contributed by atoms with E-state index < -0.39 is 5.91 Å². The van der Waals surface area contributed by atoms with E-state index in [1.165, 1.54) is 24.3 Å². The van der Waals surface area contributed by atoms with Gasteiger partial charge in [-0.05, 0) is 37.1 Å². The lowest BCUT2D eigenvalue weighted by atomic mass is 10.1. The van der Waals surface area contributed by atoms with E-state index in [0.29, 0.717) is 5.75 Å². The van der Waals surface area contributed by atoms with Crippen LogP contribution in [0.2, 0.25) is 0 Å². The molecule has 0 atom stereocenters. The fourth-order valence-electron chi connectivity index (χ4n) is 2.14. The molecule has 0 saturated heterocycles. The number of nitrogens with one attached hydrogen (secondary N) is 2. The van der Waals surface area contributed by atoms with Gasteiger partial charge in [0.25, 0.3) is 5.91 Å². The van der Waals surface area contributed by atoms with E-state index in [0.717, 1.165) is 25.7 Å². The molecule has 1 aliphatic carbocycles. The summed E-state index contributed by atoms with van der Waals surface area (Å²) in [7, 11) is 0. The highest BCUT2D eigenvalue weighted by Crippen LogP contribution is 2.24. The van der Waals surface area contributed by atoms with Crippen molar-refractivity contribution in [2.45, 2.75) is 25.7 Å². The van der Waals surface area contributed by atoms with Gasteiger partial charge in [-0.3, -0.25) is 20.4 Å². The molecule has 2 amide bonds. The van der Waals surface area contributed by atoms with Crippen LogP contribution in [0.4, 0.5) is 4.39 Å². The molecule has 0 bridgehead atoms. The molecule has 1 fully saturated rings. The Bertz CT molecular complexity index is 470. The zero-order chi connectivity index (χ0) is 14.4. The smallest absolute Gasteiger partial charge is 0.276 e. The fraction of sp³-hybridized carbons (Fsp3) is 0.429. The summed E-state index contributed by atoms with van der Waals surface area (Å²) in [6, 6.07) is 5.35. The highest BCUT2D eigenvalue weighted by Gasteiger charge is 2.22. The standard InChI is InChI=1S/C14H17FN2O3/c15-11-5-7-12(8-6-11)20-9-13(18)16-17-14(19)10-3-1-2-4-10/h5-8,10H,1-4,9H2,(H,16,18)(H,17,19). The molecular formula is C14H17FN2O3. The van der Waals surface area contributed by atoms with E-state index in [4.69, 9.17) is 4.74 Å². The molecule has 5 nitrogen and oxygen atoms in total. The Balaban J connectivity index is 1.67. The van der Waals surface area contributed by atoms with Crippen molar-refractivity contribution in [2.75, 3.05) is 6.61 Å². The van der Waals surface area contributed by atoms with Crippen molar-refractivity contribution in [3.8, 4) is 5.75 Å². The third kappa shape index (κ3) is 4.22. The van der Waals surface area contributed by atoms with Gasteiger partial charge in [-0.2, -0.15) is 0 Å². The zero-order valence-corrected chi connectivity index (χ0v) is 11.0. The lowest BCUT2D eigenvalue weighted by Gasteiger charge is -2.11. The third-order valence-electron chi connectivity index (χ3n) is 3.23. The summed E-state index contributed by atoms with van der Waals surface area (Å²) in [5.41, 5.74) is 4.69. The number of hydrogen-bond acceptors (Lipinski definition) is 3. The fourth-order valence-corrected chi connectivity index (χ4v) is 2.14. The Kier molecular flexibility index (Phi) is 4.92. The van der Waals surface area contributed by atoms with Crippen LogP contribution in [-0.4, -0.2) is 18.4 Å². The van der Waals surface area contributed by atoms with E-state index in [9.17, 15) is 14.0 Å². The van der Waals surface area contributed by atoms with Crippen LogP contribution in [0.25, 0.3) is 0 Å². The van der Waals surface area contributed by atoms with Crippen LogP contribution in [0.15, 0.2) is 24.3 Å². The Labute approximate surface area is 116 Å². The SMILES string of the molecule is O=C(COc1ccc(F)cc1)NNC(=O)C1CCCC1. The number of hydrazine groups is 1. The molecule has 0 radical (unpaired) electrons. The molecule has 1 saturated carbocycles. The van der Waals surface area contributed by atoms with Crippen molar-refractivity contribution in [3.63, 3.8) is 0 Å². The van der Waals surface area contributed by atoms with E-state index in [2.05, 4.69) is 10.9 Å². The number of amides is 2. The molecule has 0 aliphatic heterocycles. The van der Waals surface area contributed by atoms with Crippen LogP contribution in [-0.2, 0) is 9.59 Å². The second kappa shape index (κ2) is 6.88. The van der Waals surface area contributed by atoms with Crippen LogP contribution in [0, 0.1) is 11.7 Å². The molecule has 2 rings (SSSR count). The highest BCUT2D eigenvalue weighted by molar-refractivity contribution is 5.84. The Hall–Kier alpha value is -2.11. The number of rotatable bonds is 4. The van der Waals surface area contributed by atoms with Crippen molar-refractivity contribution < 1.29 is 18.7 Å². The average Bonchev–Trinajstić information content (AvgIpc) is 2.98.